The van der Waals surface area contributed by atoms with Crippen molar-refractivity contribution in [3.63, 3.8) is 0 Å². The van der Waals surface area contributed by atoms with Gasteiger partial charge in [0.25, 0.3) is 0 Å². The fraction of sp³-hybridized carbons (Fsp3) is 1.00. The Morgan fingerprint density at radius 2 is 0.309 bits per heavy atom. The fourth-order valence-corrected chi connectivity index (χ4v) is 13.8. The minimum Gasteiger partial charge on any atom is -0.778 e. The Kier molecular flexibility index (Phi) is 79.8. The normalized spacial score (nSPS) is 13.0. The standard InChI is InChI=1S/2C36H75O3P.Cr/c2*1-3-5-7-9-11-13-15-17-19-21-23-25-27-29-31-33-35-39-40(37,38)36-34-32-30-28-26-24-22-20-18-16-14-12-10-8-6-4-2;/h2*3-36H2,1-2H3,(H,37,38);/q;;+2/p-2. The van der Waals surface area contributed by atoms with E-state index in [1.54, 1.807) is 0 Å². The van der Waals surface area contributed by atoms with Crippen LogP contribution in [0.1, 0.15) is 439 Å². The van der Waals surface area contributed by atoms with Crippen molar-refractivity contribution in [2.45, 2.75) is 439 Å². The molecule has 0 aliphatic carbocycles. The van der Waals surface area contributed by atoms with E-state index in [1.807, 2.05) is 0 Å². The molecule has 0 aromatic heterocycles. The Bertz CT molecular complexity index is 1120. The molecule has 0 fully saturated rings. The van der Waals surface area contributed by atoms with Gasteiger partial charge in [-0.1, -0.05) is 413 Å². The van der Waals surface area contributed by atoms with Crippen molar-refractivity contribution >= 4 is 15.2 Å². The van der Waals surface area contributed by atoms with E-state index in [2.05, 4.69) is 27.7 Å². The molecule has 0 saturated heterocycles. The van der Waals surface area contributed by atoms with Crippen LogP contribution in [0.25, 0.3) is 0 Å². The largest absolute Gasteiger partial charge is 2.00 e. The van der Waals surface area contributed by atoms with Crippen molar-refractivity contribution < 1.29 is 45.3 Å². The van der Waals surface area contributed by atoms with Crippen LogP contribution in [0.2, 0.25) is 0 Å². The molecular weight excluding hydrogens is 1070 g/mol. The van der Waals surface area contributed by atoms with Gasteiger partial charge in [-0.2, -0.15) is 0 Å². The fourth-order valence-electron chi connectivity index (χ4n) is 11.5. The summed E-state index contributed by atoms with van der Waals surface area (Å²) < 4.78 is 34.8. The maximum Gasteiger partial charge on any atom is 2.00 e. The number of hydrogen-bond donors (Lipinski definition) is 0. The van der Waals surface area contributed by atoms with E-state index < -0.39 is 15.2 Å². The van der Waals surface area contributed by atoms with Gasteiger partial charge in [0.05, 0.1) is 13.2 Å². The van der Waals surface area contributed by atoms with E-state index in [0.29, 0.717) is 13.2 Å². The number of rotatable bonds is 70. The topological polar surface area (TPSA) is 98.7 Å². The summed E-state index contributed by atoms with van der Waals surface area (Å²) in [6.07, 6.45) is 84.8. The zero-order valence-corrected chi connectivity index (χ0v) is 58.9. The summed E-state index contributed by atoms with van der Waals surface area (Å²) in [7, 11) is -7.24. The average molecular weight is 1220 g/mol. The van der Waals surface area contributed by atoms with Gasteiger partial charge in [-0.15, -0.1) is 0 Å². The summed E-state index contributed by atoms with van der Waals surface area (Å²) in [6.45, 7) is 9.90. The summed E-state index contributed by atoms with van der Waals surface area (Å²) in [6, 6.07) is 0. The molecule has 0 N–H and O–H groups in total. The van der Waals surface area contributed by atoms with Gasteiger partial charge in [-0.25, -0.2) is 0 Å². The van der Waals surface area contributed by atoms with E-state index in [-0.39, 0.29) is 29.7 Å². The van der Waals surface area contributed by atoms with Crippen LogP contribution in [0.5, 0.6) is 0 Å². The maximum atomic E-state index is 12.1. The number of hydrogen-bond acceptors (Lipinski definition) is 6. The van der Waals surface area contributed by atoms with Crippen molar-refractivity contribution in [1.82, 2.24) is 0 Å². The van der Waals surface area contributed by atoms with Crippen molar-refractivity contribution in [2.24, 2.45) is 0 Å². The molecule has 488 valence electrons. The predicted molar refractivity (Wildman–Crippen MR) is 355 cm³/mol. The van der Waals surface area contributed by atoms with Gasteiger partial charge in [-0.3, -0.25) is 0 Å². The van der Waals surface area contributed by atoms with Crippen LogP contribution in [0.15, 0.2) is 0 Å². The molecule has 6 nitrogen and oxygen atoms in total. The van der Waals surface area contributed by atoms with E-state index >= 15 is 0 Å². The average Bonchev–Trinajstić information content (AvgIpc) is 3.44. The summed E-state index contributed by atoms with van der Waals surface area (Å²) in [4.78, 5) is 24.3. The third kappa shape index (κ3) is 80.8. The molecule has 0 bridgehead atoms. The van der Waals surface area contributed by atoms with Crippen LogP contribution < -0.4 is 9.79 Å². The second kappa shape index (κ2) is 75.1. The first-order valence-electron chi connectivity index (χ1n) is 37.1. The van der Waals surface area contributed by atoms with Crippen LogP contribution in [0, 0.1) is 0 Å². The van der Waals surface area contributed by atoms with Crippen LogP contribution in [-0.4, -0.2) is 25.5 Å². The van der Waals surface area contributed by atoms with E-state index in [4.69, 9.17) is 9.05 Å². The molecule has 0 aliphatic heterocycles. The molecule has 0 heterocycles. The Morgan fingerprint density at radius 3 is 0.444 bits per heavy atom. The molecule has 0 rings (SSSR count). The first kappa shape index (κ1) is 86.0. The number of unbranched alkanes of at least 4 members (excludes halogenated alkanes) is 60. The van der Waals surface area contributed by atoms with Crippen molar-refractivity contribution in [3.8, 4) is 0 Å². The Morgan fingerprint density at radius 1 is 0.198 bits per heavy atom. The van der Waals surface area contributed by atoms with Gasteiger partial charge >= 0.3 is 17.4 Å². The van der Waals surface area contributed by atoms with Crippen molar-refractivity contribution in [1.29, 1.82) is 0 Å². The monoisotopic (exact) mass is 1220 g/mol. The first-order valence-corrected chi connectivity index (χ1v) is 40.6. The van der Waals surface area contributed by atoms with Crippen LogP contribution in [0.3, 0.4) is 0 Å². The maximum absolute atomic E-state index is 12.1. The molecule has 0 aromatic carbocycles. The molecule has 0 spiro atoms. The summed E-state index contributed by atoms with van der Waals surface area (Å²) >= 11 is 0. The molecule has 9 heteroatoms. The van der Waals surface area contributed by atoms with E-state index in [1.165, 1.54) is 347 Å². The van der Waals surface area contributed by atoms with Crippen LogP contribution in [0.4, 0.5) is 0 Å². The minimum absolute atomic E-state index is 0. The van der Waals surface area contributed by atoms with Gasteiger partial charge in [0.15, 0.2) is 0 Å². The first-order chi connectivity index (χ1) is 39.2. The SMILES string of the molecule is CCCCCCCCCCCCCCCCCCOP(=O)([O-])CCCCCCCCCCCCCCCCCC.CCCCCCCCCCCCCCCCCCOP(=O)([O-])CCCCCCCCCCCCCCCCCC.[Cr+2]. The smallest absolute Gasteiger partial charge is 0.778 e. The van der Waals surface area contributed by atoms with Gasteiger partial charge in [0.2, 0.25) is 0 Å². The van der Waals surface area contributed by atoms with Gasteiger partial charge in [-0.05, 0) is 25.7 Å². The molecule has 2 atom stereocenters. The zero-order chi connectivity index (χ0) is 58.5. The third-order valence-corrected chi connectivity index (χ3v) is 20.0. The summed E-state index contributed by atoms with van der Waals surface area (Å²) in [5, 5.41) is 0. The third-order valence-electron chi connectivity index (χ3n) is 17.1. The predicted octanol–water partition coefficient (Wildman–Crippen LogP) is 26.2. The molecular formula is C72H148CrO6P2. The molecule has 2 unspecified atom stereocenters. The van der Waals surface area contributed by atoms with E-state index in [9.17, 15) is 18.9 Å². The summed E-state index contributed by atoms with van der Waals surface area (Å²) in [5.74, 6) is 0. The van der Waals surface area contributed by atoms with Gasteiger partial charge < -0.3 is 28.0 Å². The Labute approximate surface area is 521 Å². The Balaban J connectivity index is -0.00000148. The molecule has 0 amide bonds. The molecule has 0 saturated carbocycles. The molecule has 0 aliphatic rings. The van der Waals surface area contributed by atoms with Gasteiger partial charge in [0, 0.05) is 12.3 Å². The Hall–Kier alpha value is 0.832. The molecule has 81 heavy (non-hydrogen) atoms. The van der Waals surface area contributed by atoms with Gasteiger partial charge in [0.1, 0.15) is 15.2 Å². The molecule has 0 aromatic rings. The zero-order valence-electron chi connectivity index (χ0n) is 55.8. The summed E-state index contributed by atoms with van der Waals surface area (Å²) in [5.41, 5.74) is 0. The van der Waals surface area contributed by atoms with Crippen LogP contribution in [-0.2, 0) is 35.5 Å². The van der Waals surface area contributed by atoms with Crippen molar-refractivity contribution in [3.05, 3.63) is 0 Å². The molecule has 0 radical (unpaired) electrons. The quantitative estimate of drug-likeness (QED) is 0.0444. The van der Waals surface area contributed by atoms with E-state index in [0.717, 1.165) is 64.2 Å². The second-order valence-electron chi connectivity index (χ2n) is 25.5. The minimum atomic E-state index is -3.62. The van der Waals surface area contributed by atoms with Crippen LogP contribution >= 0.6 is 15.2 Å². The second-order valence-corrected chi connectivity index (χ2v) is 29.4. The van der Waals surface area contributed by atoms with Crippen molar-refractivity contribution in [2.75, 3.05) is 25.5 Å².